The molecule has 0 aliphatic carbocycles. The van der Waals surface area contributed by atoms with Gasteiger partial charge in [0.2, 0.25) is 5.91 Å². The Balaban J connectivity index is 2.03. The highest BCUT2D eigenvalue weighted by molar-refractivity contribution is 6.02. The van der Waals surface area contributed by atoms with Gasteiger partial charge in [0.15, 0.2) is 0 Å². The normalized spacial score (nSPS) is 15.2. The molecule has 0 fully saturated rings. The zero-order chi connectivity index (χ0) is 17.3. The largest absolute Gasteiger partial charge is 0.368 e. The highest BCUT2D eigenvalue weighted by atomic mass is 19.1. The molecule has 0 saturated heterocycles. The molecular weight excluding hydrogens is 311 g/mol. The van der Waals surface area contributed by atoms with Crippen molar-refractivity contribution in [2.45, 2.75) is 13.0 Å². The minimum Gasteiger partial charge on any atom is -0.368 e. The first-order valence-electron chi connectivity index (χ1n) is 7.48. The molecule has 3 N–H and O–H groups in total. The van der Waals surface area contributed by atoms with Crippen molar-refractivity contribution in [2.24, 2.45) is 5.73 Å². The Labute approximate surface area is 138 Å². The molecule has 6 nitrogen and oxygen atoms in total. The maximum Gasteiger partial charge on any atom is 0.272 e. The van der Waals surface area contributed by atoms with Crippen molar-refractivity contribution < 1.29 is 14.0 Å². The summed E-state index contributed by atoms with van der Waals surface area (Å²) in [6.45, 7) is 1.52. The van der Waals surface area contributed by atoms with E-state index in [0.717, 1.165) is 5.01 Å². The molecule has 124 valence electrons. The number of nitrogens with two attached hydrogens (primary N) is 1. The third kappa shape index (κ3) is 2.81. The third-order valence-corrected chi connectivity index (χ3v) is 3.92. The number of hydrogen-bond acceptors (Lipinski definition) is 4. The number of hydrazine groups is 2. The molecule has 3 rings (SSSR count). The van der Waals surface area contributed by atoms with Gasteiger partial charge in [-0.2, -0.15) is 0 Å². The summed E-state index contributed by atoms with van der Waals surface area (Å²) in [4.78, 5) is 23.7. The summed E-state index contributed by atoms with van der Waals surface area (Å²) < 4.78 is 14.1. The summed E-state index contributed by atoms with van der Waals surface area (Å²) in [6, 6.07) is 13.0. The van der Waals surface area contributed by atoms with Gasteiger partial charge in [-0.15, -0.1) is 5.53 Å². The van der Waals surface area contributed by atoms with E-state index in [1.165, 1.54) is 6.07 Å². The lowest BCUT2D eigenvalue weighted by molar-refractivity contribution is -0.119. The number of nitrogens with one attached hydrogen (secondary N) is 1. The second-order valence-electron chi connectivity index (χ2n) is 5.54. The smallest absolute Gasteiger partial charge is 0.272 e. The van der Waals surface area contributed by atoms with Gasteiger partial charge in [-0.1, -0.05) is 30.3 Å². The van der Waals surface area contributed by atoms with E-state index < -0.39 is 11.9 Å². The predicted molar refractivity (Wildman–Crippen MR) is 87.1 cm³/mol. The van der Waals surface area contributed by atoms with Gasteiger partial charge in [-0.25, -0.2) is 9.40 Å². The van der Waals surface area contributed by atoms with Crippen LogP contribution in [0.25, 0.3) is 0 Å². The van der Waals surface area contributed by atoms with Crippen LogP contribution in [0.3, 0.4) is 0 Å². The molecule has 1 aliphatic rings. The summed E-state index contributed by atoms with van der Waals surface area (Å²) in [5.41, 5.74) is 9.57. The summed E-state index contributed by atoms with van der Waals surface area (Å²) in [5.74, 6) is -1.35. The molecular formula is C17H17FN4O2. The topological polar surface area (TPSA) is 78.7 Å². The Hall–Kier alpha value is -2.93. The van der Waals surface area contributed by atoms with E-state index in [1.54, 1.807) is 54.4 Å². The van der Waals surface area contributed by atoms with Crippen LogP contribution in [0.5, 0.6) is 0 Å². The Kier molecular flexibility index (Phi) is 4.18. The van der Waals surface area contributed by atoms with E-state index in [2.05, 4.69) is 5.53 Å². The third-order valence-electron chi connectivity index (χ3n) is 3.92. The molecule has 2 amide bonds. The second kappa shape index (κ2) is 6.29. The molecule has 0 spiro atoms. The van der Waals surface area contributed by atoms with Crippen LogP contribution in [-0.2, 0) is 4.79 Å². The highest BCUT2D eigenvalue weighted by Gasteiger charge is 2.33. The molecule has 1 atom stereocenters. The Morgan fingerprint density at radius 2 is 1.88 bits per heavy atom. The number of fused-ring (bicyclic) bond motifs is 1. The average molecular weight is 328 g/mol. The minimum absolute atomic E-state index is 0.284. The number of primary amides is 1. The van der Waals surface area contributed by atoms with Crippen LogP contribution in [0.2, 0.25) is 0 Å². The number of hydrogen-bond donors (Lipinski definition) is 2. The van der Waals surface area contributed by atoms with Crippen LogP contribution in [0.1, 0.15) is 28.9 Å². The number of carbonyl (C=O) groups excluding carboxylic acids is 2. The van der Waals surface area contributed by atoms with Gasteiger partial charge in [0.25, 0.3) is 5.91 Å². The van der Waals surface area contributed by atoms with Crippen LogP contribution in [0.15, 0.2) is 48.5 Å². The number of halogens is 1. The molecule has 2 aromatic carbocycles. The number of amides is 2. The van der Waals surface area contributed by atoms with Crippen molar-refractivity contribution in [1.29, 1.82) is 0 Å². The SMILES string of the molecule is CC(c1ccccc1F)N1NN(CC(N)=O)C(=O)c2ccccc21. The summed E-state index contributed by atoms with van der Waals surface area (Å²) >= 11 is 0. The molecule has 0 saturated carbocycles. The first-order chi connectivity index (χ1) is 11.5. The molecule has 0 aromatic heterocycles. The van der Waals surface area contributed by atoms with Crippen LogP contribution >= 0.6 is 0 Å². The van der Waals surface area contributed by atoms with E-state index in [4.69, 9.17) is 5.73 Å². The number of nitrogens with zero attached hydrogens (tertiary/aromatic N) is 2. The fourth-order valence-corrected chi connectivity index (χ4v) is 2.75. The zero-order valence-corrected chi connectivity index (χ0v) is 13.1. The summed E-state index contributed by atoms with van der Waals surface area (Å²) in [5, 5.41) is 2.78. The van der Waals surface area contributed by atoms with E-state index in [1.807, 2.05) is 0 Å². The second-order valence-corrected chi connectivity index (χ2v) is 5.54. The quantitative estimate of drug-likeness (QED) is 0.896. The van der Waals surface area contributed by atoms with Crippen molar-refractivity contribution in [1.82, 2.24) is 10.5 Å². The first kappa shape index (κ1) is 15.9. The lowest BCUT2D eigenvalue weighted by Gasteiger charge is -2.41. The summed E-state index contributed by atoms with van der Waals surface area (Å²) in [6.07, 6.45) is 0. The lowest BCUT2D eigenvalue weighted by Crippen LogP contribution is -2.59. The molecule has 24 heavy (non-hydrogen) atoms. The standard InChI is InChI=1S/C17H17FN4O2/c1-11(12-6-2-4-8-14(12)18)22-15-9-5-3-7-13(15)17(24)21(20-22)10-16(19)23/h2-9,11,20H,10H2,1H3,(H2,19,23). The highest BCUT2D eigenvalue weighted by Crippen LogP contribution is 2.32. The fourth-order valence-electron chi connectivity index (χ4n) is 2.75. The molecule has 1 heterocycles. The monoisotopic (exact) mass is 328 g/mol. The zero-order valence-electron chi connectivity index (χ0n) is 13.1. The number of rotatable bonds is 4. The number of carbonyl (C=O) groups is 2. The van der Waals surface area contributed by atoms with Gasteiger partial charge >= 0.3 is 0 Å². The Bertz CT molecular complexity index is 796. The van der Waals surface area contributed by atoms with Gasteiger partial charge in [-0.05, 0) is 25.1 Å². The average Bonchev–Trinajstić information content (AvgIpc) is 2.57. The number of para-hydroxylation sites is 1. The predicted octanol–water partition coefficient (Wildman–Crippen LogP) is 1.75. The van der Waals surface area contributed by atoms with Gasteiger partial charge in [0, 0.05) is 5.56 Å². The van der Waals surface area contributed by atoms with Gasteiger partial charge in [0.05, 0.1) is 17.3 Å². The first-order valence-corrected chi connectivity index (χ1v) is 7.48. The molecule has 1 aliphatic heterocycles. The van der Waals surface area contributed by atoms with Crippen molar-refractivity contribution in [3.8, 4) is 0 Å². The molecule has 0 bridgehead atoms. The Morgan fingerprint density at radius 1 is 1.21 bits per heavy atom. The van der Waals surface area contributed by atoms with Crippen LogP contribution in [-0.4, -0.2) is 23.4 Å². The minimum atomic E-state index is -0.645. The molecule has 7 heteroatoms. The van der Waals surface area contributed by atoms with Crippen LogP contribution in [0.4, 0.5) is 10.1 Å². The molecule has 2 aromatic rings. The molecule has 0 radical (unpaired) electrons. The maximum absolute atomic E-state index is 14.1. The maximum atomic E-state index is 14.1. The van der Waals surface area contributed by atoms with E-state index in [0.29, 0.717) is 16.8 Å². The van der Waals surface area contributed by atoms with Crippen molar-refractivity contribution in [3.63, 3.8) is 0 Å². The Morgan fingerprint density at radius 3 is 2.58 bits per heavy atom. The number of anilines is 1. The number of benzene rings is 2. The van der Waals surface area contributed by atoms with Crippen molar-refractivity contribution in [2.75, 3.05) is 11.6 Å². The summed E-state index contributed by atoms with van der Waals surface area (Å²) in [7, 11) is 0. The van der Waals surface area contributed by atoms with Crippen LogP contribution in [0, 0.1) is 5.82 Å². The lowest BCUT2D eigenvalue weighted by atomic mass is 10.0. The van der Waals surface area contributed by atoms with Crippen molar-refractivity contribution in [3.05, 3.63) is 65.5 Å². The van der Waals surface area contributed by atoms with Gasteiger partial charge in [-0.3, -0.25) is 14.6 Å². The van der Waals surface area contributed by atoms with Gasteiger partial charge < -0.3 is 5.73 Å². The van der Waals surface area contributed by atoms with Crippen molar-refractivity contribution >= 4 is 17.5 Å². The van der Waals surface area contributed by atoms with Gasteiger partial charge in [0.1, 0.15) is 12.4 Å². The molecule has 1 unspecified atom stereocenters. The fraction of sp³-hybridized carbons (Fsp3) is 0.176. The van der Waals surface area contributed by atoms with E-state index in [-0.39, 0.29) is 18.3 Å². The van der Waals surface area contributed by atoms with E-state index >= 15 is 0 Å². The van der Waals surface area contributed by atoms with Crippen LogP contribution < -0.4 is 16.3 Å². The van der Waals surface area contributed by atoms with E-state index in [9.17, 15) is 14.0 Å².